The van der Waals surface area contributed by atoms with E-state index in [9.17, 15) is 4.79 Å². The Labute approximate surface area is 84.7 Å². The summed E-state index contributed by atoms with van der Waals surface area (Å²) in [6, 6.07) is 9.64. The molecule has 64 valence electrons. The fraction of sp³-hybridized carbons (Fsp3) is 0.222. The molecule has 3 heteroatoms. The first-order chi connectivity index (χ1) is 5.70. The normalized spacial score (nSPS) is 12.4. The number of carbonyl (C=O) groups is 1. The highest BCUT2D eigenvalue weighted by Gasteiger charge is 2.12. The van der Waals surface area contributed by atoms with Gasteiger partial charge in [0.1, 0.15) is 3.92 Å². The third-order valence-corrected chi connectivity index (χ3v) is 2.50. The molecule has 0 spiro atoms. The molecule has 2 nitrogen and oxygen atoms in total. The first kappa shape index (κ1) is 9.51. The first-order valence-electron chi connectivity index (χ1n) is 3.61. The van der Waals surface area contributed by atoms with Gasteiger partial charge in [-0.05, 0) is 12.0 Å². The summed E-state index contributed by atoms with van der Waals surface area (Å²) in [5.74, 6) is -0.751. The molecule has 1 atom stereocenters. The third-order valence-electron chi connectivity index (χ3n) is 1.53. The highest BCUT2D eigenvalue weighted by Crippen LogP contribution is 2.09. The Hall–Kier alpha value is -0.580. The molecule has 0 aromatic heterocycles. The van der Waals surface area contributed by atoms with E-state index < -0.39 is 5.97 Å². The molecule has 0 aliphatic rings. The van der Waals surface area contributed by atoms with Gasteiger partial charge in [-0.3, -0.25) is 4.79 Å². The second-order valence-corrected chi connectivity index (χ2v) is 4.00. The average Bonchev–Trinajstić information content (AvgIpc) is 2.06. The highest BCUT2D eigenvalue weighted by atomic mass is 127. The maximum absolute atomic E-state index is 10.5. The topological polar surface area (TPSA) is 37.3 Å². The number of rotatable bonds is 3. The van der Waals surface area contributed by atoms with Crippen molar-refractivity contribution in [2.45, 2.75) is 10.3 Å². The van der Waals surface area contributed by atoms with E-state index in [-0.39, 0.29) is 3.92 Å². The number of carboxylic acids is 1. The lowest BCUT2D eigenvalue weighted by molar-refractivity contribution is -0.135. The molecule has 12 heavy (non-hydrogen) atoms. The van der Waals surface area contributed by atoms with Gasteiger partial charge < -0.3 is 5.11 Å². The maximum atomic E-state index is 10.5. The molecule has 1 aromatic rings. The van der Waals surface area contributed by atoms with Crippen molar-refractivity contribution in [1.82, 2.24) is 0 Å². The molecule has 0 aliphatic carbocycles. The van der Waals surface area contributed by atoms with Gasteiger partial charge in [0, 0.05) is 0 Å². The Balaban J connectivity index is 2.58. The zero-order chi connectivity index (χ0) is 8.97. The molecular weight excluding hydrogens is 267 g/mol. The summed E-state index contributed by atoms with van der Waals surface area (Å²) >= 11 is 1.94. The lowest BCUT2D eigenvalue weighted by Crippen LogP contribution is -2.14. The smallest absolute Gasteiger partial charge is 0.316 e. The minimum absolute atomic E-state index is 0.329. The monoisotopic (exact) mass is 276 g/mol. The van der Waals surface area contributed by atoms with Crippen LogP contribution in [0.25, 0.3) is 0 Å². The van der Waals surface area contributed by atoms with Crippen molar-refractivity contribution in [2.24, 2.45) is 0 Å². The molecule has 0 saturated carbocycles. The molecule has 1 rings (SSSR count). The number of benzene rings is 1. The van der Waals surface area contributed by atoms with Crippen LogP contribution >= 0.6 is 22.6 Å². The predicted octanol–water partition coefficient (Wildman–Crippen LogP) is 2.12. The number of halogens is 1. The summed E-state index contributed by atoms with van der Waals surface area (Å²) in [7, 11) is 0. The lowest BCUT2D eigenvalue weighted by Gasteiger charge is -2.03. The van der Waals surface area contributed by atoms with Crippen molar-refractivity contribution in [3.05, 3.63) is 35.9 Å². The van der Waals surface area contributed by atoms with Gasteiger partial charge in [0.15, 0.2) is 0 Å². The van der Waals surface area contributed by atoms with Crippen LogP contribution in [0.2, 0.25) is 0 Å². The minimum Gasteiger partial charge on any atom is -0.480 e. The SMILES string of the molecule is O=C(O)[C@H](I)Cc1ccccc1. The van der Waals surface area contributed by atoms with Crippen molar-refractivity contribution in [3.8, 4) is 0 Å². The molecule has 0 amide bonds. The largest absolute Gasteiger partial charge is 0.480 e. The molecule has 0 aliphatic heterocycles. The Morgan fingerprint density at radius 2 is 2.00 bits per heavy atom. The van der Waals surface area contributed by atoms with Crippen LogP contribution in [0.5, 0.6) is 0 Å². The Bertz CT molecular complexity index is 258. The molecule has 0 radical (unpaired) electrons. The van der Waals surface area contributed by atoms with Gasteiger partial charge >= 0.3 is 5.97 Å². The Kier molecular flexibility index (Phi) is 3.52. The predicted molar refractivity (Wildman–Crippen MR) is 55.6 cm³/mol. The standard InChI is InChI=1S/C9H9IO2/c10-8(9(11)12)6-7-4-2-1-3-5-7/h1-5,8H,6H2,(H,11,12)/t8-/m1/s1. The second kappa shape index (κ2) is 4.45. The van der Waals surface area contributed by atoms with Crippen LogP contribution in [0, 0.1) is 0 Å². The number of alkyl halides is 1. The fourth-order valence-electron chi connectivity index (χ4n) is 0.908. The zero-order valence-electron chi connectivity index (χ0n) is 6.40. The van der Waals surface area contributed by atoms with Crippen molar-refractivity contribution < 1.29 is 9.90 Å². The minimum atomic E-state index is -0.751. The third kappa shape index (κ3) is 2.81. The lowest BCUT2D eigenvalue weighted by atomic mass is 10.1. The van der Waals surface area contributed by atoms with Gasteiger partial charge in [-0.15, -0.1) is 0 Å². The zero-order valence-corrected chi connectivity index (χ0v) is 8.56. The van der Waals surface area contributed by atoms with Crippen LogP contribution < -0.4 is 0 Å². The molecule has 0 unspecified atom stereocenters. The maximum Gasteiger partial charge on any atom is 0.316 e. The van der Waals surface area contributed by atoms with E-state index in [4.69, 9.17) is 5.11 Å². The molecular formula is C9H9IO2. The van der Waals surface area contributed by atoms with Crippen LogP contribution in [-0.2, 0) is 11.2 Å². The molecule has 1 aromatic carbocycles. The summed E-state index contributed by atoms with van der Waals surface area (Å²) in [5, 5.41) is 8.64. The first-order valence-corrected chi connectivity index (χ1v) is 4.85. The van der Waals surface area contributed by atoms with Gasteiger partial charge in [-0.2, -0.15) is 0 Å². The van der Waals surface area contributed by atoms with E-state index in [2.05, 4.69) is 0 Å². The van der Waals surface area contributed by atoms with Crippen LogP contribution in [0.15, 0.2) is 30.3 Å². The van der Waals surface area contributed by atoms with Crippen LogP contribution in [0.1, 0.15) is 5.56 Å². The van der Waals surface area contributed by atoms with Crippen molar-refractivity contribution >= 4 is 28.6 Å². The quantitative estimate of drug-likeness (QED) is 0.678. The summed E-state index contributed by atoms with van der Waals surface area (Å²) in [6.07, 6.45) is 0.594. The van der Waals surface area contributed by atoms with Crippen LogP contribution in [0.4, 0.5) is 0 Å². The van der Waals surface area contributed by atoms with E-state index in [0.717, 1.165) is 5.56 Å². The Morgan fingerprint density at radius 3 is 2.50 bits per heavy atom. The summed E-state index contributed by atoms with van der Waals surface area (Å²) in [4.78, 5) is 10.5. The Morgan fingerprint density at radius 1 is 1.42 bits per heavy atom. The molecule has 0 saturated heterocycles. The molecule has 0 fully saturated rings. The summed E-state index contributed by atoms with van der Waals surface area (Å²) < 4.78 is -0.329. The van der Waals surface area contributed by atoms with E-state index >= 15 is 0 Å². The van der Waals surface area contributed by atoms with Gasteiger partial charge in [0.25, 0.3) is 0 Å². The summed E-state index contributed by atoms with van der Waals surface area (Å²) in [5.41, 5.74) is 1.07. The number of carboxylic acid groups (broad SMARTS) is 1. The fourth-order valence-corrected chi connectivity index (χ4v) is 1.42. The van der Waals surface area contributed by atoms with E-state index in [1.54, 1.807) is 0 Å². The van der Waals surface area contributed by atoms with Crippen molar-refractivity contribution in [3.63, 3.8) is 0 Å². The summed E-state index contributed by atoms with van der Waals surface area (Å²) in [6.45, 7) is 0. The van der Waals surface area contributed by atoms with Crippen molar-refractivity contribution in [1.29, 1.82) is 0 Å². The molecule has 1 N–H and O–H groups in total. The van der Waals surface area contributed by atoms with Gasteiger partial charge in [0.05, 0.1) is 0 Å². The van der Waals surface area contributed by atoms with E-state index in [1.807, 2.05) is 52.9 Å². The van der Waals surface area contributed by atoms with Gasteiger partial charge in [-0.25, -0.2) is 0 Å². The van der Waals surface area contributed by atoms with Crippen LogP contribution in [-0.4, -0.2) is 15.0 Å². The molecule has 0 heterocycles. The highest BCUT2D eigenvalue weighted by molar-refractivity contribution is 14.1. The number of hydrogen-bond donors (Lipinski definition) is 1. The van der Waals surface area contributed by atoms with E-state index in [1.165, 1.54) is 0 Å². The van der Waals surface area contributed by atoms with Gasteiger partial charge in [0.2, 0.25) is 0 Å². The number of hydrogen-bond acceptors (Lipinski definition) is 1. The number of aliphatic carboxylic acids is 1. The van der Waals surface area contributed by atoms with Gasteiger partial charge in [-0.1, -0.05) is 52.9 Å². The molecule has 0 bridgehead atoms. The van der Waals surface area contributed by atoms with E-state index in [0.29, 0.717) is 6.42 Å². The second-order valence-electron chi connectivity index (χ2n) is 2.50. The van der Waals surface area contributed by atoms with Crippen molar-refractivity contribution in [2.75, 3.05) is 0 Å². The van der Waals surface area contributed by atoms with Crippen LogP contribution in [0.3, 0.4) is 0 Å². The average molecular weight is 276 g/mol.